The molecule has 0 aliphatic carbocycles. The molecule has 0 unspecified atom stereocenters. The molecule has 0 aromatic heterocycles. The summed E-state index contributed by atoms with van der Waals surface area (Å²) in [7, 11) is -1.21. The fraction of sp³-hybridized carbons (Fsp3) is 0.273. The summed E-state index contributed by atoms with van der Waals surface area (Å²) >= 11 is 0. The molecular weight excluding hydrogens is 249 g/mol. The van der Waals surface area contributed by atoms with Gasteiger partial charge in [0.1, 0.15) is 0 Å². The number of hydrogen-bond donors (Lipinski definition) is 0. The van der Waals surface area contributed by atoms with Crippen LogP contribution in [0.1, 0.15) is 0 Å². The van der Waals surface area contributed by atoms with Gasteiger partial charge in [-0.3, -0.25) is 0 Å². The van der Waals surface area contributed by atoms with E-state index in [4.69, 9.17) is 6.42 Å². The van der Waals surface area contributed by atoms with Gasteiger partial charge in [-0.05, 0) is 0 Å². The molecule has 0 aliphatic heterocycles. The van der Waals surface area contributed by atoms with Crippen LogP contribution in [0.2, 0.25) is 19.6 Å². The van der Waals surface area contributed by atoms with Crippen LogP contribution in [-0.4, -0.2) is 8.07 Å². The minimum Gasteiger partial charge on any atom is -0.701 e. The zero-order valence-electron chi connectivity index (χ0n) is 8.46. The molecule has 0 heterocycles. The second kappa shape index (κ2) is 8.69. The van der Waals surface area contributed by atoms with Gasteiger partial charge >= 0.3 is 0 Å². The molecule has 2 heteroatoms. The molecule has 0 bridgehead atoms. The zero-order valence-corrected chi connectivity index (χ0v) is 12.3. The first-order valence-corrected chi connectivity index (χ1v) is 7.41. The van der Waals surface area contributed by atoms with Crippen molar-refractivity contribution in [2.45, 2.75) is 19.6 Å². The van der Waals surface area contributed by atoms with Crippen LogP contribution >= 0.6 is 0 Å². The molecule has 1 rings (SSSR count). The first-order chi connectivity index (χ1) is 5.56. The molecule has 1 radical (unpaired) electrons. The summed E-state index contributed by atoms with van der Waals surface area (Å²) in [4.78, 5) is 0. The summed E-state index contributed by atoms with van der Waals surface area (Å²) < 4.78 is 0. The minimum atomic E-state index is -1.21. The molecule has 0 atom stereocenters. The molecule has 0 amide bonds. The van der Waals surface area contributed by atoms with Gasteiger partial charge in [-0.15, -0.1) is 0 Å². The molecule has 1 aromatic carbocycles. The summed E-state index contributed by atoms with van der Waals surface area (Å²) in [5.74, 6) is 0. The molecule has 0 saturated heterocycles. The standard InChI is InChI=1S/C6H5.C5H9Si.Y/c1-2-4-6-5-3-1;1-5-6(2,3)4;/h1-5H;2-4H3;/q2*-1;. The Morgan fingerprint density at radius 1 is 1.08 bits per heavy atom. The van der Waals surface area contributed by atoms with Crippen molar-refractivity contribution < 1.29 is 32.7 Å². The van der Waals surface area contributed by atoms with Crippen molar-refractivity contribution in [2.24, 2.45) is 0 Å². The van der Waals surface area contributed by atoms with E-state index in [2.05, 4.69) is 31.3 Å². The molecule has 0 aliphatic rings. The van der Waals surface area contributed by atoms with Gasteiger partial charge in [0, 0.05) is 32.7 Å². The van der Waals surface area contributed by atoms with Crippen molar-refractivity contribution in [1.29, 1.82) is 0 Å². The molecular formula is C11H14SiY-2. The molecule has 0 spiro atoms. The van der Waals surface area contributed by atoms with E-state index in [0.717, 1.165) is 0 Å². The molecule has 13 heavy (non-hydrogen) atoms. The third kappa shape index (κ3) is 14.9. The first kappa shape index (κ1) is 15.6. The Balaban J connectivity index is 0. The Labute approximate surface area is 108 Å². The fourth-order valence-corrected chi connectivity index (χ4v) is 0.342. The Kier molecular flexibility index (Phi) is 10.4. The van der Waals surface area contributed by atoms with E-state index in [-0.39, 0.29) is 32.7 Å². The van der Waals surface area contributed by atoms with Crippen LogP contribution in [0, 0.1) is 18.0 Å². The predicted octanol–water partition coefficient (Wildman–Crippen LogP) is 2.94. The van der Waals surface area contributed by atoms with Gasteiger partial charge in [0.25, 0.3) is 0 Å². The van der Waals surface area contributed by atoms with Crippen molar-refractivity contribution in [1.82, 2.24) is 0 Å². The molecule has 0 saturated carbocycles. The summed E-state index contributed by atoms with van der Waals surface area (Å²) in [5, 5.41) is 0. The van der Waals surface area contributed by atoms with Crippen molar-refractivity contribution in [2.75, 3.05) is 0 Å². The van der Waals surface area contributed by atoms with E-state index in [1.54, 1.807) is 0 Å². The maximum Gasteiger partial charge on any atom is 0.0806 e. The van der Waals surface area contributed by atoms with E-state index in [9.17, 15) is 0 Å². The van der Waals surface area contributed by atoms with Gasteiger partial charge in [0.2, 0.25) is 0 Å². The molecule has 67 valence electrons. The molecule has 0 N–H and O–H groups in total. The second-order valence-corrected chi connectivity index (χ2v) is 8.20. The van der Waals surface area contributed by atoms with E-state index in [0.29, 0.717) is 0 Å². The first-order valence-electron chi connectivity index (χ1n) is 3.91. The minimum absolute atomic E-state index is 0. The van der Waals surface area contributed by atoms with Gasteiger partial charge in [-0.1, -0.05) is 19.6 Å². The van der Waals surface area contributed by atoms with Gasteiger partial charge in [0.15, 0.2) is 0 Å². The maximum atomic E-state index is 6.67. The maximum absolute atomic E-state index is 6.67. The average Bonchev–Trinajstić information content (AvgIpc) is 2.07. The Hall–Kier alpha value is 0.101. The monoisotopic (exact) mass is 263 g/mol. The number of hydrogen-bond acceptors (Lipinski definition) is 0. The third-order valence-electron chi connectivity index (χ3n) is 0.982. The van der Waals surface area contributed by atoms with Gasteiger partial charge in [0.05, 0.1) is 8.07 Å². The van der Waals surface area contributed by atoms with Crippen LogP contribution in [0.25, 0.3) is 0 Å². The number of benzene rings is 1. The van der Waals surface area contributed by atoms with Gasteiger partial charge < -0.3 is 12.0 Å². The van der Waals surface area contributed by atoms with E-state index < -0.39 is 8.07 Å². The van der Waals surface area contributed by atoms with Gasteiger partial charge in [-0.2, -0.15) is 36.4 Å². The van der Waals surface area contributed by atoms with Crippen LogP contribution in [0.3, 0.4) is 0 Å². The number of rotatable bonds is 0. The normalized spacial score (nSPS) is 8.46. The molecule has 0 nitrogen and oxygen atoms in total. The molecule has 1 aromatic rings. The second-order valence-electron chi connectivity index (χ2n) is 3.45. The summed E-state index contributed by atoms with van der Waals surface area (Å²) in [6.07, 6.45) is 6.67. The van der Waals surface area contributed by atoms with Crippen molar-refractivity contribution in [3.63, 3.8) is 0 Å². The van der Waals surface area contributed by atoms with Crippen LogP contribution < -0.4 is 0 Å². The smallest absolute Gasteiger partial charge is 0.0806 e. The van der Waals surface area contributed by atoms with Crippen molar-refractivity contribution in [3.8, 4) is 5.54 Å². The Morgan fingerprint density at radius 3 is 1.54 bits per heavy atom. The Morgan fingerprint density at radius 2 is 1.46 bits per heavy atom. The quantitative estimate of drug-likeness (QED) is 0.383. The van der Waals surface area contributed by atoms with E-state index >= 15 is 0 Å². The van der Waals surface area contributed by atoms with Crippen molar-refractivity contribution in [3.05, 3.63) is 42.8 Å². The van der Waals surface area contributed by atoms with E-state index in [1.165, 1.54) is 0 Å². The van der Waals surface area contributed by atoms with Gasteiger partial charge in [-0.25, -0.2) is 0 Å². The largest absolute Gasteiger partial charge is 0.701 e. The summed E-state index contributed by atoms with van der Waals surface area (Å²) in [6.45, 7) is 6.25. The third-order valence-corrected chi connectivity index (χ3v) is 1.73. The van der Waals surface area contributed by atoms with Crippen molar-refractivity contribution >= 4 is 8.07 Å². The van der Waals surface area contributed by atoms with Crippen LogP contribution in [0.5, 0.6) is 0 Å². The fourth-order valence-electron chi connectivity index (χ4n) is 0.342. The van der Waals surface area contributed by atoms with Crippen LogP contribution in [0.15, 0.2) is 30.3 Å². The SMILES string of the molecule is [C-]#C[Si](C)(C)C.[Y].[c-]1ccccc1. The topological polar surface area (TPSA) is 0 Å². The zero-order chi connectivity index (χ0) is 9.45. The van der Waals surface area contributed by atoms with E-state index in [1.807, 2.05) is 30.3 Å². The average molecular weight is 263 g/mol. The molecule has 0 fully saturated rings. The predicted molar refractivity (Wildman–Crippen MR) is 55.8 cm³/mol. The van der Waals surface area contributed by atoms with Crippen LogP contribution in [-0.2, 0) is 32.7 Å². The summed E-state index contributed by atoms with van der Waals surface area (Å²) in [6, 6.07) is 12.5. The Bertz CT molecular complexity index is 204. The summed E-state index contributed by atoms with van der Waals surface area (Å²) in [5.41, 5.74) is 2.49. The van der Waals surface area contributed by atoms with Crippen LogP contribution in [0.4, 0.5) is 0 Å².